The van der Waals surface area contributed by atoms with Crippen LogP contribution < -0.4 is 4.90 Å². The van der Waals surface area contributed by atoms with Crippen molar-refractivity contribution < 1.29 is 0 Å². The van der Waals surface area contributed by atoms with Crippen LogP contribution in [-0.4, -0.2) is 47.1 Å². The molecule has 0 spiro atoms. The van der Waals surface area contributed by atoms with E-state index in [-0.39, 0.29) is 6.04 Å². The van der Waals surface area contributed by atoms with Crippen LogP contribution in [0.2, 0.25) is 0 Å². The van der Waals surface area contributed by atoms with E-state index in [0.29, 0.717) is 0 Å². The van der Waals surface area contributed by atoms with Crippen LogP contribution in [-0.2, 0) is 0 Å². The van der Waals surface area contributed by atoms with Gasteiger partial charge in [0.15, 0.2) is 0 Å². The fourth-order valence-corrected chi connectivity index (χ4v) is 2.04. The van der Waals surface area contributed by atoms with Crippen molar-refractivity contribution >= 4 is 5.82 Å². The first-order chi connectivity index (χ1) is 8.20. The molecule has 0 N–H and O–H groups in total. The predicted octanol–water partition coefficient (Wildman–Crippen LogP) is 0.819. The zero-order chi connectivity index (χ0) is 12.3. The normalized spacial score (nSPS) is 18.8. The molecule has 1 fully saturated rings. The molecule has 0 saturated carbocycles. The predicted molar refractivity (Wildman–Crippen MR) is 65.6 cm³/mol. The van der Waals surface area contributed by atoms with E-state index in [1.54, 1.807) is 6.20 Å². The van der Waals surface area contributed by atoms with Gasteiger partial charge in [0.05, 0.1) is 12.1 Å². The molecule has 1 aliphatic heterocycles. The van der Waals surface area contributed by atoms with Crippen LogP contribution in [0.25, 0.3) is 0 Å². The Morgan fingerprint density at radius 1 is 1.35 bits per heavy atom. The molecule has 0 amide bonds. The molecule has 0 bridgehead atoms. The first kappa shape index (κ1) is 11.8. The molecule has 0 radical (unpaired) electrons. The molecule has 0 aromatic carbocycles. The average Bonchev–Trinajstić information content (AvgIpc) is 2.38. The van der Waals surface area contributed by atoms with Crippen molar-refractivity contribution in [3.05, 3.63) is 18.1 Å². The average molecular weight is 231 g/mol. The van der Waals surface area contributed by atoms with Crippen LogP contribution >= 0.6 is 0 Å². The van der Waals surface area contributed by atoms with E-state index in [9.17, 15) is 0 Å². The summed E-state index contributed by atoms with van der Waals surface area (Å²) in [5.41, 5.74) is 0. The second-order valence-electron chi connectivity index (χ2n) is 4.29. The Balaban J connectivity index is 1.98. The van der Waals surface area contributed by atoms with Gasteiger partial charge in [0, 0.05) is 32.4 Å². The lowest BCUT2D eigenvalue weighted by molar-refractivity contribution is 0.231. The molecule has 2 rings (SSSR count). The van der Waals surface area contributed by atoms with Crippen molar-refractivity contribution in [1.29, 1.82) is 5.26 Å². The second kappa shape index (κ2) is 5.11. The highest BCUT2D eigenvalue weighted by molar-refractivity contribution is 5.38. The topological polar surface area (TPSA) is 56.1 Å². The van der Waals surface area contributed by atoms with Gasteiger partial charge in [-0.1, -0.05) is 0 Å². The quantitative estimate of drug-likeness (QED) is 0.754. The minimum Gasteiger partial charge on any atom is -0.354 e. The summed E-state index contributed by atoms with van der Waals surface area (Å²) in [5, 5.41) is 8.88. The van der Waals surface area contributed by atoms with Crippen molar-refractivity contribution in [2.45, 2.75) is 19.9 Å². The molecule has 5 nitrogen and oxygen atoms in total. The van der Waals surface area contributed by atoms with Crippen molar-refractivity contribution in [3.63, 3.8) is 0 Å². The summed E-state index contributed by atoms with van der Waals surface area (Å²) < 4.78 is 0. The molecule has 1 aromatic rings. The minimum atomic E-state index is 0.00397. The summed E-state index contributed by atoms with van der Waals surface area (Å²) in [6.07, 6.45) is 1.79. The molecule has 1 unspecified atom stereocenters. The van der Waals surface area contributed by atoms with Crippen LogP contribution in [0.3, 0.4) is 0 Å². The number of nitriles is 1. The van der Waals surface area contributed by atoms with E-state index in [4.69, 9.17) is 5.26 Å². The monoisotopic (exact) mass is 231 g/mol. The molecule has 5 heteroatoms. The van der Waals surface area contributed by atoms with Crippen LogP contribution in [0.15, 0.2) is 12.3 Å². The minimum absolute atomic E-state index is 0.00397. The van der Waals surface area contributed by atoms with Crippen molar-refractivity contribution in [3.8, 4) is 6.07 Å². The van der Waals surface area contributed by atoms with Gasteiger partial charge in [-0.3, -0.25) is 4.90 Å². The first-order valence-electron chi connectivity index (χ1n) is 5.89. The Morgan fingerprint density at radius 3 is 2.65 bits per heavy atom. The number of anilines is 1. The van der Waals surface area contributed by atoms with E-state index in [1.165, 1.54) is 0 Å². The lowest BCUT2D eigenvalue weighted by Crippen LogP contribution is -2.49. The number of nitrogens with zero attached hydrogens (tertiary/aromatic N) is 5. The number of hydrogen-bond donors (Lipinski definition) is 0. The summed E-state index contributed by atoms with van der Waals surface area (Å²) in [7, 11) is 0. The number of rotatable bonds is 2. The molecule has 0 aliphatic carbocycles. The zero-order valence-corrected chi connectivity index (χ0v) is 10.3. The Hall–Kier alpha value is -1.67. The molecule has 1 aliphatic rings. The van der Waals surface area contributed by atoms with Crippen LogP contribution in [0.4, 0.5) is 5.82 Å². The smallest absolute Gasteiger partial charge is 0.132 e. The molecule has 1 atom stereocenters. The molecular formula is C12H17N5. The Kier molecular flexibility index (Phi) is 3.55. The SMILES string of the molecule is Cc1nccc(N2CCN(C(C)C#N)CC2)n1. The summed E-state index contributed by atoms with van der Waals surface area (Å²) in [5.74, 6) is 1.79. The number of aromatic nitrogens is 2. The Labute approximate surface area is 102 Å². The third kappa shape index (κ3) is 2.71. The summed E-state index contributed by atoms with van der Waals surface area (Å²) >= 11 is 0. The lowest BCUT2D eigenvalue weighted by atomic mass is 10.2. The van der Waals surface area contributed by atoms with Crippen LogP contribution in [0.5, 0.6) is 0 Å². The first-order valence-corrected chi connectivity index (χ1v) is 5.89. The van der Waals surface area contributed by atoms with Gasteiger partial charge in [0.1, 0.15) is 11.6 Å². The van der Waals surface area contributed by atoms with Gasteiger partial charge in [-0.2, -0.15) is 5.26 Å². The number of aryl methyl sites for hydroxylation is 1. The van der Waals surface area contributed by atoms with Gasteiger partial charge >= 0.3 is 0 Å². The van der Waals surface area contributed by atoms with E-state index in [0.717, 1.165) is 37.8 Å². The fraction of sp³-hybridized carbons (Fsp3) is 0.583. The number of piperazine rings is 1. The highest BCUT2D eigenvalue weighted by Crippen LogP contribution is 2.14. The fourth-order valence-electron chi connectivity index (χ4n) is 2.04. The molecule has 1 saturated heterocycles. The molecule has 1 aromatic heterocycles. The third-order valence-corrected chi connectivity index (χ3v) is 3.13. The number of hydrogen-bond acceptors (Lipinski definition) is 5. The van der Waals surface area contributed by atoms with Gasteiger partial charge in [-0.15, -0.1) is 0 Å². The van der Waals surface area contributed by atoms with E-state index in [1.807, 2.05) is 19.9 Å². The van der Waals surface area contributed by atoms with Gasteiger partial charge in [-0.05, 0) is 19.9 Å². The van der Waals surface area contributed by atoms with Crippen LogP contribution in [0.1, 0.15) is 12.7 Å². The van der Waals surface area contributed by atoms with Crippen molar-refractivity contribution in [2.24, 2.45) is 0 Å². The van der Waals surface area contributed by atoms with Crippen LogP contribution in [0, 0.1) is 18.3 Å². The maximum Gasteiger partial charge on any atom is 0.132 e. The maximum absolute atomic E-state index is 8.88. The van der Waals surface area contributed by atoms with Gasteiger partial charge in [0.2, 0.25) is 0 Å². The van der Waals surface area contributed by atoms with Crippen molar-refractivity contribution in [1.82, 2.24) is 14.9 Å². The zero-order valence-electron chi connectivity index (χ0n) is 10.3. The highest BCUT2D eigenvalue weighted by Gasteiger charge is 2.21. The largest absolute Gasteiger partial charge is 0.354 e. The van der Waals surface area contributed by atoms with E-state index >= 15 is 0 Å². The van der Waals surface area contributed by atoms with Gasteiger partial charge in [-0.25, -0.2) is 9.97 Å². The van der Waals surface area contributed by atoms with Gasteiger partial charge < -0.3 is 4.90 Å². The summed E-state index contributed by atoms with van der Waals surface area (Å²) in [4.78, 5) is 13.0. The van der Waals surface area contributed by atoms with Crippen molar-refractivity contribution in [2.75, 3.05) is 31.1 Å². The maximum atomic E-state index is 8.88. The second-order valence-corrected chi connectivity index (χ2v) is 4.29. The highest BCUT2D eigenvalue weighted by atomic mass is 15.3. The molecule has 90 valence electrons. The molecular weight excluding hydrogens is 214 g/mol. The van der Waals surface area contributed by atoms with E-state index < -0.39 is 0 Å². The molecule has 17 heavy (non-hydrogen) atoms. The Bertz CT molecular complexity index is 417. The summed E-state index contributed by atoms with van der Waals surface area (Å²) in [6, 6.07) is 4.22. The summed E-state index contributed by atoms with van der Waals surface area (Å²) in [6.45, 7) is 7.52. The lowest BCUT2D eigenvalue weighted by Gasteiger charge is -2.36. The standard InChI is InChI=1S/C12H17N5/c1-10(9-13)16-5-7-17(8-6-16)12-3-4-14-11(2)15-12/h3-4,10H,5-8H2,1-2H3. The van der Waals surface area contributed by atoms with Gasteiger partial charge in [0.25, 0.3) is 0 Å². The molecule has 2 heterocycles. The third-order valence-electron chi connectivity index (χ3n) is 3.13. The Morgan fingerprint density at radius 2 is 2.06 bits per heavy atom. The van der Waals surface area contributed by atoms with E-state index in [2.05, 4.69) is 25.8 Å².